The standard InChI is InChI=1S/C11H7Br2ClF2O7S/c1-4(12)9(17)22-7-3-6(14)8(2-5(7)13)23-10(18)11(15,16)24(19,20)21/h2-4H,1H3,(H,19,20,21). The first kappa shape index (κ1) is 21.2. The third-order valence-corrected chi connectivity index (χ3v) is 4.39. The monoisotopic (exact) mass is 514 g/mol. The van der Waals surface area contributed by atoms with E-state index in [2.05, 4.69) is 36.6 Å². The van der Waals surface area contributed by atoms with Crippen LogP contribution in [-0.4, -0.2) is 35.0 Å². The third kappa shape index (κ3) is 4.85. The molecule has 0 saturated carbocycles. The number of hydrogen-bond donors (Lipinski definition) is 1. The van der Waals surface area contributed by atoms with Crippen molar-refractivity contribution in [2.45, 2.75) is 17.0 Å². The predicted molar refractivity (Wildman–Crippen MR) is 85.3 cm³/mol. The van der Waals surface area contributed by atoms with Crippen LogP contribution in [0.5, 0.6) is 11.5 Å². The molecule has 1 aromatic carbocycles. The highest BCUT2D eigenvalue weighted by Gasteiger charge is 2.54. The first-order chi connectivity index (χ1) is 10.8. The van der Waals surface area contributed by atoms with E-state index in [1.807, 2.05) is 0 Å². The quantitative estimate of drug-likeness (QED) is 0.277. The Kier molecular flexibility index (Phi) is 6.72. The van der Waals surface area contributed by atoms with Gasteiger partial charge >= 0.3 is 27.3 Å². The molecule has 0 saturated heterocycles. The molecule has 134 valence electrons. The van der Waals surface area contributed by atoms with Crippen LogP contribution < -0.4 is 9.47 Å². The molecule has 1 atom stereocenters. The molecule has 1 aromatic rings. The topological polar surface area (TPSA) is 107 Å². The summed E-state index contributed by atoms with van der Waals surface area (Å²) in [5.41, 5.74) is 0. The maximum absolute atomic E-state index is 13.1. The summed E-state index contributed by atoms with van der Waals surface area (Å²) < 4.78 is 64.7. The maximum Gasteiger partial charge on any atom is 0.466 e. The number of benzene rings is 1. The molecule has 0 fully saturated rings. The van der Waals surface area contributed by atoms with Gasteiger partial charge in [-0.3, -0.25) is 9.35 Å². The molecule has 0 bridgehead atoms. The molecule has 0 aromatic heterocycles. The van der Waals surface area contributed by atoms with Gasteiger partial charge in [0, 0.05) is 12.1 Å². The minimum Gasteiger partial charge on any atom is -0.424 e. The summed E-state index contributed by atoms with van der Waals surface area (Å²) in [6, 6.07) is 1.88. The van der Waals surface area contributed by atoms with Gasteiger partial charge in [0.15, 0.2) is 5.75 Å². The lowest BCUT2D eigenvalue weighted by atomic mass is 10.3. The Balaban J connectivity index is 3.10. The van der Waals surface area contributed by atoms with Crippen LogP contribution >= 0.6 is 43.5 Å². The lowest BCUT2D eigenvalue weighted by Gasteiger charge is -2.14. The molecule has 0 aliphatic rings. The van der Waals surface area contributed by atoms with Crippen molar-refractivity contribution in [2.75, 3.05) is 0 Å². The highest BCUT2D eigenvalue weighted by Crippen LogP contribution is 2.37. The van der Waals surface area contributed by atoms with Crippen molar-refractivity contribution in [3.8, 4) is 11.5 Å². The zero-order chi connectivity index (χ0) is 18.9. The lowest BCUT2D eigenvalue weighted by Crippen LogP contribution is -2.40. The van der Waals surface area contributed by atoms with E-state index in [1.165, 1.54) is 6.92 Å². The van der Waals surface area contributed by atoms with E-state index in [0.717, 1.165) is 12.1 Å². The molecule has 7 nitrogen and oxygen atoms in total. The van der Waals surface area contributed by atoms with Crippen LogP contribution in [0, 0.1) is 0 Å². The normalized spacial score (nSPS) is 13.3. The highest BCUT2D eigenvalue weighted by atomic mass is 79.9. The van der Waals surface area contributed by atoms with Crippen molar-refractivity contribution in [3.05, 3.63) is 21.6 Å². The van der Waals surface area contributed by atoms with Crippen molar-refractivity contribution in [3.63, 3.8) is 0 Å². The van der Waals surface area contributed by atoms with Crippen molar-refractivity contribution < 1.29 is 40.8 Å². The van der Waals surface area contributed by atoms with Crippen molar-refractivity contribution in [2.24, 2.45) is 0 Å². The van der Waals surface area contributed by atoms with Gasteiger partial charge in [0.2, 0.25) is 0 Å². The summed E-state index contributed by atoms with van der Waals surface area (Å²) >= 11 is 11.6. The molecule has 24 heavy (non-hydrogen) atoms. The number of carbonyl (C=O) groups is 2. The molecule has 0 heterocycles. The number of rotatable bonds is 5. The molecular weight excluding hydrogens is 509 g/mol. The van der Waals surface area contributed by atoms with E-state index in [0.29, 0.717) is 0 Å². The summed E-state index contributed by atoms with van der Waals surface area (Å²) in [7, 11) is -6.02. The molecule has 1 unspecified atom stereocenters. The lowest BCUT2D eigenvalue weighted by molar-refractivity contribution is -0.151. The zero-order valence-corrected chi connectivity index (χ0v) is 16.2. The molecule has 0 aliphatic heterocycles. The van der Waals surface area contributed by atoms with Crippen LogP contribution in [0.3, 0.4) is 0 Å². The first-order valence-corrected chi connectivity index (χ1v) is 9.22. The summed E-state index contributed by atoms with van der Waals surface area (Å²) in [5.74, 6) is -3.99. The van der Waals surface area contributed by atoms with Gasteiger partial charge in [0.25, 0.3) is 0 Å². The van der Waals surface area contributed by atoms with Gasteiger partial charge in [-0.2, -0.15) is 17.2 Å². The Labute approximate surface area is 156 Å². The summed E-state index contributed by atoms with van der Waals surface area (Å²) in [4.78, 5) is 22.0. The molecule has 0 amide bonds. The number of esters is 2. The summed E-state index contributed by atoms with van der Waals surface area (Å²) in [6.07, 6.45) is 0. The van der Waals surface area contributed by atoms with Crippen molar-refractivity contribution in [1.29, 1.82) is 0 Å². The average Bonchev–Trinajstić information content (AvgIpc) is 2.42. The van der Waals surface area contributed by atoms with E-state index in [4.69, 9.17) is 20.9 Å². The Hall–Kier alpha value is -0.820. The van der Waals surface area contributed by atoms with Crippen molar-refractivity contribution >= 4 is 65.5 Å². The molecule has 1 rings (SSSR count). The van der Waals surface area contributed by atoms with Gasteiger partial charge in [-0.25, -0.2) is 4.79 Å². The molecule has 0 aliphatic carbocycles. The van der Waals surface area contributed by atoms with E-state index >= 15 is 0 Å². The largest absolute Gasteiger partial charge is 0.466 e. The predicted octanol–water partition coefficient (Wildman–Crippen LogP) is 3.18. The Morgan fingerprint density at radius 2 is 1.83 bits per heavy atom. The van der Waals surface area contributed by atoms with Gasteiger partial charge < -0.3 is 9.47 Å². The maximum atomic E-state index is 13.1. The number of hydrogen-bond acceptors (Lipinski definition) is 6. The van der Waals surface area contributed by atoms with E-state index in [9.17, 15) is 26.8 Å². The van der Waals surface area contributed by atoms with Crippen LogP contribution in [0.2, 0.25) is 5.02 Å². The fraction of sp³-hybridized carbons (Fsp3) is 0.273. The molecular formula is C11H7Br2ClF2O7S. The molecule has 0 spiro atoms. The van der Waals surface area contributed by atoms with Crippen LogP contribution in [0.15, 0.2) is 16.6 Å². The summed E-state index contributed by atoms with van der Waals surface area (Å²) in [6.45, 7) is 1.49. The van der Waals surface area contributed by atoms with E-state index in [-0.39, 0.29) is 10.2 Å². The zero-order valence-electron chi connectivity index (χ0n) is 11.4. The first-order valence-electron chi connectivity index (χ1n) is 5.69. The van der Waals surface area contributed by atoms with Gasteiger partial charge in [-0.15, -0.1) is 0 Å². The van der Waals surface area contributed by atoms with E-state index in [1.54, 1.807) is 0 Å². The van der Waals surface area contributed by atoms with Crippen LogP contribution in [0.1, 0.15) is 6.92 Å². The number of alkyl halides is 3. The van der Waals surface area contributed by atoms with Crippen molar-refractivity contribution in [1.82, 2.24) is 0 Å². The van der Waals surface area contributed by atoms with Crippen LogP contribution in [0.25, 0.3) is 0 Å². The molecule has 0 radical (unpaired) electrons. The Morgan fingerprint density at radius 1 is 1.29 bits per heavy atom. The van der Waals surface area contributed by atoms with Crippen LogP contribution in [-0.2, 0) is 19.7 Å². The Morgan fingerprint density at radius 3 is 2.29 bits per heavy atom. The second-order valence-electron chi connectivity index (χ2n) is 4.13. The SMILES string of the molecule is CC(Br)C(=O)Oc1cc(Cl)c(OC(=O)C(F)(F)S(=O)(=O)O)cc1Br. The Bertz CT molecular complexity index is 783. The minimum absolute atomic E-state index is 0.00590. The molecule has 13 heteroatoms. The van der Waals surface area contributed by atoms with Gasteiger partial charge in [-0.1, -0.05) is 27.5 Å². The highest BCUT2D eigenvalue weighted by molar-refractivity contribution is 9.10. The van der Waals surface area contributed by atoms with Gasteiger partial charge in [0.05, 0.1) is 9.50 Å². The number of ether oxygens (including phenoxy) is 2. The summed E-state index contributed by atoms with van der Waals surface area (Å²) in [5, 5.41) is -5.61. The van der Waals surface area contributed by atoms with Gasteiger partial charge in [-0.05, 0) is 22.9 Å². The second-order valence-corrected chi connectivity index (χ2v) is 8.23. The van der Waals surface area contributed by atoms with Crippen LogP contribution in [0.4, 0.5) is 8.78 Å². The fourth-order valence-electron chi connectivity index (χ4n) is 1.12. The third-order valence-electron chi connectivity index (χ3n) is 2.29. The smallest absolute Gasteiger partial charge is 0.424 e. The fourth-order valence-corrected chi connectivity index (χ4v) is 2.06. The average molecular weight is 516 g/mol. The van der Waals surface area contributed by atoms with E-state index < -0.39 is 42.9 Å². The molecule has 1 N–H and O–H groups in total. The van der Waals surface area contributed by atoms with Gasteiger partial charge in [0.1, 0.15) is 10.6 Å². The minimum atomic E-state index is -6.02. The second kappa shape index (κ2) is 7.60. The number of carbonyl (C=O) groups excluding carboxylic acids is 2. The number of halogens is 5.